The highest BCUT2D eigenvalue weighted by atomic mass is 31.2. The van der Waals surface area contributed by atoms with Gasteiger partial charge in [-0.3, -0.25) is 14.2 Å². The molecule has 0 saturated carbocycles. The van der Waals surface area contributed by atoms with Gasteiger partial charge in [0.2, 0.25) is 0 Å². The van der Waals surface area contributed by atoms with Gasteiger partial charge in [-0.25, -0.2) is 0 Å². The number of phosphoric acid groups is 1. The molecule has 0 aliphatic carbocycles. The van der Waals surface area contributed by atoms with Gasteiger partial charge in [0.1, 0.15) is 19.8 Å². The molecule has 0 radical (unpaired) electrons. The normalized spacial score (nSPS) is 14.0. The van der Waals surface area contributed by atoms with Crippen LogP contribution in [-0.4, -0.2) is 70.0 Å². The second-order valence-electron chi connectivity index (χ2n) is 13.6. The molecule has 2 atom stereocenters. The van der Waals surface area contributed by atoms with Crippen molar-refractivity contribution in [2.45, 2.75) is 161 Å². The maximum atomic E-state index is 12.5. The Balaban J connectivity index is 4.43. The summed E-state index contributed by atoms with van der Waals surface area (Å²) in [5.41, 5.74) is 0. The van der Waals surface area contributed by atoms with E-state index >= 15 is 0 Å². The van der Waals surface area contributed by atoms with Crippen molar-refractivity contribution in [2.75, 3.05) is 47.5 Å². The molecule has 0 bridgehead atoms. The van der Waals surface area contributed by atoms with E-state index in [4.69, 9.17) is 18.5 Å². The molecule has 0 N–H and O–H groups in total. The predicted octanol–water partition coefficient (Wildman–Crippen LogP) is 8.83. The second kappa shape index (κ2) is 29.9. The molecule has 10 heteroatoms. The first-order valence-electron chi connectivity index (χ1n) is 18.4. The highest BCUT2D eigenvalue weighted by Crippen LogP contribution is 2.38. The number of unbranched alkanes of at least 4 members (excludes halogenated alkanes) is 17. The molecule has 0 aliphatic rings. The van der Waals surface area contributed by atoms with Crippen molar-refractivity contribution in [2.24, 2.45) is 0 Å². The van der Waals surface area contributed by atoms with Gasteiger partial charge in [0.25, 0.3) is 7.82 Å². The van der Waals surface area contributed by atoms with Gasteiger partial charge < -0.3 is 27.9 Å². The third kappa shape index (κ3) is 32.7. The summed E-state index contributed by atoms with van der Waals surface area (Å²) in [7, 11) is 1.16. The Morgan fingerprint density at radius 3 is 1.63 bits per heavy atom. The molecule has 0 fully saturated rings. The zero-order valence-electron chi connectivity index (χ0n) is 30.3. The van der Waals surface area contributed by atoms with Crippen molar-refractivity contribution >= 4 is 19.8 Å². The fourth-order valence-electron chi connectivity index (χ4n) is 4.82. The molecule has 0 aromatic heterocycles. The van der Waals surface area contributed by atoms with Gasteiger partial charge in [-0.1, -0.05) is 116 Å². The molecular weight excluding hydrogens is 605 g/mol. The van der Waals surface area contributed by atoms with E-state index in [-0.39, 0.29) is 26.1 Å². The minimum atomic E-state index is -4.61. The van der Waals surface area contributed by atoms with Crippen LogP contribution in [-0.2, 0) is 32.7 Å². The minimum Gasteiger partial charge on any atom is -0.756 e. The number of nitrogens with zero attached hydrogens (tertiary/aromatic N) is 1. The molecule has 0 spiro atoms. The summed E-state index contributed by atoms with van der Waals surface area (Å²) in [6, 6.07) is 0. The van der Waals surface area contributed by atoms with Gasteiger partial charge in [-0.2, -0.15) is 0 Å². The number of rotatable bonds is 33. The van der Waals surface area contributed by atoms with Crippen molar-refractivity contribution in [1.82, 2.24) is 0 Å². The van der Waals surface area contributed by atoms with Crippen LogP contribution in [0.25, 0.3) is 0 Å². The lowest BCUT2D eigenvalue weighted by atomic mass is 10.1. The first kappa shape index (κ1) is 44.8. The lowest BCUT2D eigenvalue weighted by Crippen LogP contribution is -2.37. The summed E-state index contributed by atoms with van der Waals surface area (Å²) >= 11 is 0. The Labute approximate surface area is 282 Å². The minimum absolute atomic E-state index is 0.0312. The highest BCUT2D eigenvalue weighted by Gasteiger charge is 2.21. The Morgan fingerprint density at radius 2 is 1.11 bits per heavy atom. The van der Waals surface area contributed by atoms with Crippen molar-refractivity contribution in [1.29, 1.82) is 0 Å². The zero-order valence-corrected chi connectivity index (χ0v) is 31.2. The number of esters is 2. The van der Waals surface area contributed by atoms with E-state index in [1.165, 1.54) is 77.0 Å². The SMILES string of the molecule is CCCCCCCCCC/C=C/CCCCCC(=O)O[C@H](COC(=O)CCCCCCCCC)COP(=O)([O-])OCC[N+](C)(C)C. The summed E-state index contributed by atoms with van der Waals surface area (Å²) in [5, 5.41) is 0. The van der Waals surface area contributed by atoms with E-state index in [0.29, 0.717) is 17.4 Å². The number of quaternary nitrogens is 1. The number of hydrogen-bond acceptors (Lipinski definition) is 8. The third-order valence-electron chi connectivity index (χ3n) is 7.79. The maximum absolute atomic E-state index is 12.5. The summed E-state index contributed by atoms with van der Waals surface area (Å²) in [6.07, 6.45) is 26.9. The fourth-order valence-corrected chi connectivity index (χ4v) is 5.55. The van der Waals surface area contributed by atoms with Crippen LogP contribution in [0.15, 0.2) is 12.2 Å². The van der Waals surface area contributed by atoms with Gasteiger partial charge in [0, 0.05) is 12.8 Å². The van der Waals surface area contributed by atoms with Crippen LogP contribution in [0.5, 0.6) is 0 Å². The number of phosphoric ester groups is 1. The van der Waals surface area contributed by atoms with Crippen LogP contribution in [0.2, 0.25) is 0 Å². The maximum Gasteiger partial charge on any atom is 0.306 e. The lowest BCUT2D eigenvalue weighted by molar-refractivity contribution is -0.870. The van der Waals surface area contributed by atoms with Crippen molar-refractivity contribution in [3.63, 3.8) is 0 Å². The molecule has 0 aliphatic heterocycles. The molecule has 0 rings (SSSR count). The van der Waals surface area contributed by atoms with Crippen LogP contribution in [0.1, 0.15) is 155 Å². The van der Waals surface area contributed by atoms with E-state index < -0.39 is 32.5 Å². The van der Waals surface area contributed by atoms with Crippen LogP contribution in [0.3, 0.4) is 0 Å². The Hall–Kier alpha value is -1.25. The van der Waals surface area contributed by atoms with E-state index in [1.807, 2.05) is 21.1 Å². The molecule has 1 unspecified atom stereocenters. The highest BCUT2D eigenvalue weighted by molar-refractivity contribution is 7.45. The molecular formula is C36H70NO8P. The molecule has 9 nitrogen and oxygen atoms in total. The molecule has 46 heavy (non-hydrogen) atoms. The van der Waals surface area contributed by atoms with Crippen molar-refractivity contribution < 1.29 is 42.1 Å². The predicted molar refractivity (Wildman–Crippen MR) is 185 cm³/mol. The van der Waals surface area contributed by atoms with Crippen LogP contribution in [0, 0.1) is 0 Å². The molecule has 0 saturated heterocycles. The van der Waals surface area contributed by atoms with E-state index in [2.05, 4.69) is 26.0 Å². The first-order chi connectivity index (χ1) is 22.0. The average Bonchev–Trinajstić information content (AvgIpc) is 2.99. The Bertz CT molecular complexity index is 814. The molecule has 0 heterocycles. The van der Waals surface area contributed by atoms with Crippen molar-refractivity contribution in [3.8, 4) is 0 Å². The van der Waals surface area contributed by atoms with Crippen LogP contribution >= 0.6 is 7.82 Å². The first-order valence-corrected chi connectivity index (χ1v) is 19.9. The lowest BCUT2D eigenvalue weighted by Gasteiger charge is -2.28. The van der Waals surface area contributed by atoms with Gasteiger partial charge in [0.15, 0.2) is 6.10 Å². The monoisotopic (exact) mass is 675 g/mol. The van der Waals surface area contributed by atoms with Crippen molar-refractivity contribution in [3.05, 3.63) is 12.2 Å². The molecule has 0 aromatic rings. The molecule has 0 amide bonds. The third-order valence-corrected chi connectivity index (χ3v) is 8.75. The number of ether oxygens (including phenoxy) is 2. The molecule has 0 aromatic carbocycles. The Kier molecular flexibility index (Phi) is 29.0. The zero-order chi connectivity index (χ0) is 34.4. The standard InChI is InChI=1S/C36H70NO8P/c1-6-8-10-12-14-15-16-17-18-19-20-21-23-25-27-29-36(39)45-34(33-44-46(40,41)43-31-30-37(3,4)5)32-42-35(38)28-26-24-22-13-11-9-7-2/h19-20,34H,6-18,21-33H2,1-5H3/b20-19+/t34-/m1/s1. The van der Waals surface area contributed by atoms with E-state index in [0.717, 1.165) is 44.9 Å². The fraction of sp³-hybridized carbons (Fsp3) is 0.889. The van der Waals surface area contributed by atoms with Gasteiger partial charge in [-0.05, 0) is 38.5 Å². The second-order valence-corrected chi connectivity index (χ2v) is 15.0. The topological polar surface area (TPSA) is 111 Å². The number of allylic oxidation sites excluding steroid dienone is 2. The van der Waals surface area contributed by atoms with Gasteiger partial charge in [0.05, 0.1) is 27.7 Å². The summed E-state index contributed by atoms with van der Waals surface area (Å²) in [4.78, 5) is 37.1. The number of likely N-dealkylation sites (N-methyl/N-ethyl adjacent to an activating group) is 1. The largest absolute Gasteiger partial charge is 0.756 e. The van der Waals surface area contributed by atoms with Crippen LogP contribution in [0.4, 0.5) is 0 Å². The number of carbonyl (C=O) groups is 2. The smallest absolute Gasteiger partial charge is 0.306 e. The number of hydrogen-bond donors (Lipinski definition) is 0. The van der Waals surface area contributed by atoms with Gasteiger partial charge >= 0.3 is 11.9 Å². The number of carbonyl (C=O) groups excluding carboxylic acids is 2. The summed E-state index contributed by atoms with van der Waals surface area (Å²) in [5.74, 6) is -0.858. The van der Waals surface area contributed by atoms with E-state index in [9.17, 15) is 19.0 Å². The summed E-state index contributed by atoms with van der Waals surface area (Å²) in [6.45, 7) is 4.14. The van der Waals surface area contributed by atoms with E-state index in [1.54, 1.807) is 0 Å². The Morgan fingerprint density at radius 1 is 0.652 bits per heavy atom. The van der Waals surface area contributed by atoms with Gasteiger partial charge in [-0.15, -0.1) is 0 Å². The van der Waals surface area contributed by atoms with Crippen LogP contribution < -0.4 is 4.89 Å². The average molecular weight is 676 g/mol. The quantitative estimate of drug-likeness (QED) is 0.0223. The summed E-state index contributed by atoms with van der Waals surface area (Å²) < 4.78 is 33.6. The molecule has 272 valence electrons.